The van der Waals surface area contributed by atoms with E-state index in [-0.39, 0.29) is 24.8 Å². The summed E-state index contributed by atoms with van der Waals surface area (Å²) in [5.74, 6) is 0.772. The van der Waals surface area contributed by atoms with Gasteiger partial charge in [0.05, 0.1) is 7.11 Å². The topological polar surface area (TPSA) is 76.7 Å². The smallest absolute Gasteiger partial charge is 0.260 e. The summed E-state index contributed by atoms with van der Waals surface area (Å²) in [6.07, 6.45) is -0.496. The molecule has 0 radical (unpaired) electrons. The molecule has 0 saturated heterocycles. The molecule has 144 valence electrons. The first kappa shape index (κ1) is 20.3. The largest absolute Gasteiger partial charge is 0.497 e. The van der Waals surface area contributed by atoms with E-state index < -0.39 is 6.10 Å². The fourth-order valence-electron chi connectivity index (χ4n) is 2.54. The minimum absolute atomic E-state index is 0.149. The van der Waals surface area contributed by atoms with Crippen LogP contribution in [0.4, 0.5) is 5.69 Å². The lowest BCUT2D eigenvalue weighted by Crippen LogP contribution is -2.37. The van der Waals surface area contributed by atoms with Crippen molar-refractivity contribution in [3.63, 3.8) is 0 Å². The Bertz CT molecular complexity index is 805. The van der Waals surface area contributed by atoms with E-state index in [2.05, 4.69) is 10.6 Å². The lowest BCUT2D eigenvalue weighted by Gasteiger charge is -2.15. The number of rotatable bonds is 8. The molecule has 2 amide bonds. The number of aryl methyl sites for hydroxylation is 2. The lowest BCUT2D eigenvalue weighted by molar-refractivity contribution is -0.127. The third-order valence-corrected chi connectivity index (χ3v) is 4.03. The van der Waals surface area contributed by atoms with Gasteiger partial charge in [-0.3, -0.25) is 9.59 Å². The molecule has 2 rings (SSSR count). The second-order valence-electron chi connectivity index (χ2n) is 6.35. The fraction of sp³-hybridized carbons (Fsp3) is 0.333. The molecule has 1 atom stereocenters. The number of ether oxygens (including phenoxy) is 2. The van der Waals surface area contributed by atoms with E-state index in [0.29, 0.717) is 11.5 Å². The van der Waals surface area contributed by atoms with Gasteiger partial charge in [0, 0.05) is 24.7 Å². The summed E-state index contributed by atoms with van der Waals surface area (Å²) in [6, 6.07) is 12.9. The summed E-state index contributed by atoms with van der Waals surface area (Å²) in [5.41, 5.74) is 2.93. The van der Waals surface area contributed by atoms with Crippen molar-refractivity contribution < 1.29 is 19.1 Å². The third-order valence-electron chi connectivity index (χ3n) is 4.03. The molecule has 6 nitrogen and oxygen atoms in total. The molecule has 0 fully saturated rings. The van der Waals surface area contributed by atoms with Gasteiger partial charge in [-0.05, 0) is 44.5 Å². The zero-order valence-corrected chi connectivity index (χ0v) is 16.2. The maximum absolute atomic E-state index is 12.1. The molecule has 0 saturated carbocycles. The highest BCUT2D eigenvalue weighted by atomic mass is 16.5. The molecule has 2 aromatic carbocycles. The number of hydrogen-bond donors (Lipinski definition) is 2. The monoisotopic (exact) mass is 370 g/mol. The molecule has 1 unspecified atom stereocenters. The summed E-state index contributed by atoms with van der Waals surface area (Å²) >= 11 is 0. The Morgan fingerprint density at radius 1 is 1.07 bits per heavy atom. The van der Waals surface area contributed by atoms with Gasteiger partial charge in [-0.1, -0.05) is 23.8 Å². The molecule has 0 spiro atoms. The van der Waals surface area contributed by atoms with E-state index in [1.807, 2.05) is 32.0 Å². The van der Waals surface area contributed by atoms with Crippen LogP contribution in [0, 0.1) is 13.8 Å². The Kier molecular flexibility index (Phi) is 7.23. The molecule has 0 bridgehead atoms. The maximum Gasteiger partial charge on any atom is 0.260 e. The molecule has 0 aliphatic heterocycles. The molecular weight excluding hydrogens is 344 g/mol. The van der Waals surface area contributed by atoms with Crippen molar-refractivity contribution in [2.75, 3.05) is 19.0 Å². The number of methoxy groups -OCH3 is 1. The van der Waals surface area contributed by atoms with Crippen LogP contribution in [-0.2, 0) is 9.59 Å². The summed E-state index contributed by atoms with van der Waals surface area (Å²) in [6.45, 7) is 5.84. The second-order valence-corrected chi connectivity index (χ2v) is 6.35. The van der Waals surface area contributed by atoms with Gasteiger partial charge in [0.25, 0.3) is 5.91 Å². The van der Waals surface area contributed by atoms with Crippen LogP contribution in [0.25, 0.3) is 0 Å². The summed E-state index contributed by atoms with van der Waals surface area (Å²) < 4.78 is 10.7. The average molecular weight is 370 g/mol. The van der Waals surface area contributed by atoms with Crippen LogP contribution in [-0.4, -0.2) is 31.6 Å². The summed E-state index contributed by atoms with van der Waals surface area (Å²) in [7, 11) is 1.57. The van der Waals surface area contributed by atoms with E-state index in [1.54, 1.807) is 38.3 Å². The van der Waals surface area contributed by atoms with E-state index in [4.69, 9.17) is 9.47 Å². The quantitative estimate of drug-likeness (QED) is 0.748. The van der Waals surface area contributed by atoms with Crippen LogP contribution >= 0.6 is 0 Å². The third kappa shape index (κ3) is 6.33. The summed E-state index contributed by atoms with van der Waals surface area (Å²) in [5, 5.41) is 5.57. The minimum atomic E-state index is -0.681. The Balaban J connectivity index is 1.76. The molecule has 2 N–H and O–H groups in total. The van der Waals surface area contributed by atoms with Gasteiger partial charge < -0.3 is 20.1 Å². The Labute approximate surface area is 159 Å². The number of amides is 2. The predicted molar refractivity (Wildman–Crippen MR) is 105 cm³/mol. The van der Waals surface area contributed by atoms with Crippen LogP contribution < -0.4 is 20.1 Å². The molecule has 6 heteroatoms. The molecule has 27 heavy (non-hydrogen) atoms. The van der Waals surface area contributed by atoms with E-state index in [9.17, 15) is 9.59 Å². The SMILES string of the molecule is COc1cccc(OC(C)C(=O)NCCC(=O)Nc2ccc(C)cc2C)c1. The molecule has 0 aliphatic carbocycles. The van der Waals surface area contributed by atoms with Crippen LogP contribution in [0.1, 0.15) is 24.5 Å². The Morgan fingerprint density at radius 2 is 1.81 bits per heavy atom. The highest BCUT2D eigenvalue weighted by molar-refractivity contribution is 5.92. The van der Waals surface area contributed by atoms with Crippen LogP contribution in [0.2, 0.25) is 0 Å². The first-order valence-electron chi connectivity index (χ1n) is 8.84. The molecule has 2 aromatic rings. The van der Waals surface area contributed by atoms with Crippen molar-refractivity contribution in [2.24, 2.45) is 0 Å². The normalized spacial score (nSPS) is 11.4. The van der Waals surface area contributed by atoms with E-state index in [1.165, 1.54) is 0 Å². The second kappa shape index (κ2) is 9.62. The standard InChI is InChI=1S/C21H26N2O4/c1-14-8-9-19(15(2)12-14)23-20(24)10-11-22-21(25)16(3)27-18-7-5-6-17(13-18)26-4/h5-9,12-13,16H,10-11H2,1-4H3,(H,22,25)(H,23,24). The predicted octanol–water partition coefficient (Wildman–Crippen LogP) is 3.22. The number of carbonyl (C=O) groups is 2. The van der Waals surface area contributed by atoms with Gasteiger partial charge in [-0.25, -0.2) is 0 Å². The molecule has 0 heterocycles. The van der Waals surface area contributed by atoms with Gasteiger partial charge in [-0.15, -0.1) is 0 Å². The Morgan fingerprint density at radius 3 is 2.52 bits per heavy atom. The van der Waals surface area contributed by atoms with Crippen LogP contribution in [0.3, 0.4) is 0 Å². The van der Waals surface area contributed by atoms with Gasteiger partial charge in [-0.2, -0.15) is 0 Å². The van der Waals surface area contributed by atoms with E-state index in [0.717, 1.165) is 16.8 Å². The van der Waals surface area contributed by atoms with E-state index >= 15 is 0 Å². The van der Waals surface area contributed by atoms with Crippen molar-refractivity contribution in [3.05, 3.63) is 53.6 Å². The number of anilines is 1. The highest BCUT2D eigenvalue weighted by Gasteiger charge is 2.15. The van der Waals surface area contributed by atoms with Crippen molar-refractivity contribution in [3.8, 4) is 11.5 Å². The summed E-state index contributed by atoms with van der Waals surface area (Å²) in [4.78, 5) is 24.2. The van der Waals surface area contributed by atoms with Gasteiger partial charge in [0.2, 0.25) is 5.91 Å². The molecular formula is C21H26N2O4. The van der Waals surface area contributed by atoms with Crippen molar-refractivity contribution >= 4 is 17.5 Å². The molecule has 0 aromatic heterocycles. The average Bonchev–Trinajstić information content (AvgIpc) is 2.64. The number of hydrogen-bond acceptors (Lipinski definition) is 4. The highest BCUT2D eigenvalue weighted by Crippen LogP contribution is 2.20. The van der Waals surface area contributed by atoms with Gasteiger partial charge >= 0.3 is 0 Å². The van der Waals surface area contributed by atoms with Gasteiger partial charge in [0.15, 0.2) is 6.10 Å². The number of nitrogens with one attached hydrogen (secondary N) is 2. The fourth-order valence-corrected chi connectivity index (χ4v) is 2.54. The Hall–Kier alpha value is -3.02. The van der Waals surface area contributed by atoms with Gasteiger partial charge in [0.1, 0.15) is 11.5 Å². The lowest BCUT2D eigenvalue weighted by atomic mass is 10.1. The maximum atomic E-state index is 12.1. The first-order valence-corrected chi connectivity index (χ1v) is 8.84. The molecule has 0 aliphatic rings. The zero-order chi connectivity index (χ0) is 19.8. The van der Waals surface area contributed by atoms with Crippen LogP contribution in [0.15, 0.2) is 42.5 Å². The van der Waals surface area contributed by atoms with Crippen molar-refractivity contribution in [1.82, 2.24) is 5.32 Å². The van der Waals surface area contributed by atoms with Crippen molar-refractivity contribution in [1.29, 1.82) is 0 Å². The minimum Gasteiger partial charge on any atom is -0.497 e. The number of carbonyl (C=O) groups excluding carboxylic acids is 2. The zero-order valence-electron chi connectivity index (χ0n) is 16.2. The van der Waals surface area contributed by atoms with Crippen molar-refractivity contribution in [2.45, 2.75) is 33.3 Å². The number of benzene rings is 2. The first-order chi connectivity index (χ1) is 12.9. The van der Waals surface area contributed by atoms with Crippen LogP contribution in [0.5, 0.6) is 11.5 Å².